The third-order valence-electron chi connectivity index (χ3n) is 6.01. The maximum absolute atomic E-state index is 12.9. The van der Waals surface area contributed by atoms with Gasteiger partial charge in [-0.05, 0) is 50.3 Å². The van der Waals surface area contributed by atoms with Gasteiger partial charge in [-0.1, -0.05) is 12.1 Å². The molecular formula is C22H29N5O. The minimum atomic E-state index is 0.0332. The fourth-order valence-corrected chi connectivity index (χ4v) is 4.10. The quantitative estimate of drug-likeness (QED) is 0.820. The second kappa shape index (κ2) is 8.17. The van der Waals surface area contributed by atoms with E-state index in [9.17, 15) is 4.79 Å². The molecule has 3 heterocycles. The summed E-state index contributed by atoms with van der Waals surface area (Å²) in [6.07, 6.45) is 7.04. The predicted molar refractivity (Wildman–Crippen MR) is 112 cm³/mol. The van der Waals surface area contributed by atoms with Crippen molar-refractivity contribution in [2.45, 2.75) is 33.1 Å². The Kier molecular flexibility index (Phi) is 5.46. The Hall–Kier alpha value is -2.63. The van der Waals surface area contributed by atoms with Crippen molar-refractivity contribution in [3.8, 4) is 0 Å². The summed E-state index contributed by atoms with van der Waals surface area (Å²) in [7, 11) is 0. The van der Waals surface area contributed by atoms with E-state index in [2.05, 4.69) is 51.8 Å². The van der Waals surface area contributed by atoms with E-state index >= 15 is 0 Å². The number of carbonyl (C=O) groups is 1. The van der Waals surface area contributed by atoms with Crippen molar-refractivity contribution in [3.63, 3.8) is 0 Å². The number of amides is 1. The monoisotopic (exact) mass is 379 g/mol. The second-order valence-electron chi connectivity index (χ2n) is 7.82. The molecule has 28 heavy (non-hydrogen) atoms. The lowest BCUT2D eigenvalue weighted by Gasteiger charge is -2.37. The maximum Gasteiger partial charge on any atom is 0.257 e. The standard InChI is InChI=1S/C22H29N5O/c1-17-7-6-8-20(18(17)2)25-11-13-26(14-12-25)21(28)19-15-23-22(24-16-19)27-9-4-3-5-10-27/h6-8,15-16H,3-5,9-14H2,1-2H3. The number of nitrogens with zero attached hydrogens (tertiary/aromatic N) is 5. The third kappa shape index (κ3) is 3.81. The van der Waals surface area contributed by atoms with Crippen LogP contribution in [0.2, 0.25) is 0 Å². The minimum absolute atomic E-state index is 0.0332. The number of carbonyl (C=O) groups excluding carboxylic acids is 1. The van der Waals surface area contributed by atoms with E-state index in [0.717, 1.165) is 45.2 Å². The van der Waals surface area contributed by atoms with Crippen LogP contribution in [0, 0.1) is 13.8 Å². The molecule has 1 aromatic carbocycles. The largest absolute Gasteiger partial charge is 0.368 e. The van der Waals surface area contributed by atoms with Crippen molar-refractivity contribution < 1.29 is 4.79 Å². The van der Waals surface area contributed by atoms with Gasteiger partial charge in [0, 0.05) is 57.3 Å². The second-order valence-corrected chi connectivity index (χ2v) is 7.82. The van der Waals surface area contributed by atoms with E-state index in [4.69, 9.17) is 0 Å². The molecule has 0 unspecified atom stereocenters. The van der Waals surface area contributed by atoms with Crippen molar-refractivity contribution in [2.24, 2.45) is 0 Å². The van der Waals surface area contributed by atoms with Crippen LogP contribution in [0.5, 0.6) is 0 Å². The number of hydrogen-bond acceptors (Lipinski definition) is 5. The smallest absolute Gasteiger partial charge is 0.257 e. The Morgan fingerprint density at radius 3 is 2.21 bits per heavy atom. The summed E-state index contributed by atoms with van der Waals surface area (Å²) >= 11 is 0. The van der Waals surface area contributed by atoms with Crippen LogP contribution in [0.4, 0.5) is 11.6 Å². The summed E-state index contributed by atoms with van der Waals surface area (Å²) in [6.45, 7) is 9.47. The Morgan fingerprint density at radius 2 is 1.54 bits per heavy atom. The van der Waals surface area contributed by atoms with Crippen molar-refractivity contribution >= 4 is 17.5 Å². The zero-order valence-corrected chi connectivity index (χ0v) is 16.9. The molecule has 0 radical (unpaired) electrons. The van der Waals surface area contributed by atoms with Crippen LogP contribution in [0.3, 0.4) is 0 Å². The normalized spacial score (nSPS) is 17.7. The summed E-state index contributed by atoms with van der Waals surface area (Å²) in [5.74, 6) is 0.779. The molecule has 2 aliphatic heterocycles. The number of benzene rings is 1. The van der Waals surface area contributed by atoms with Crippen molar-refractivity contribution in [3.05, 3.63) is 47.3 Å². The topological polar surface area (TPSA) is 52.6 Å². The summed E-state index contributed by atoms with van der Waals surface area (Å²) in [5.41, 5.74) is 4.49. The number of hydrogen-bond donors (Lipinski definition) is 0. The molecule has 1 amide bonds. The first kappa shape index (κ1) is 18.7. The summed E-state index contributed by atoms with van der Waals surface area (Å²) < 4.78 is 0. The van der Waals surface area contributed by atoms with Crippen LogP contribution in [0.15, 0.2) is 30.6 Å². The molecule has 0 saturated carbocycles. The van der Waals surface area contributed by atoms with Gasteiger partial charge in [-0.3, -0.25) is 4.79 Å². The van der Waals surface area contributed by atoms with Gasteiger partial charge in [-0.25, -0.2) is 9.97 Å². The van der Waals surface area contributed by atoms with Gasteiger partial charge < -0.3 is 14.7 Å². The van der Waals surface area contributed by atoms with E-state index in [0.29, 0.717) is 5.56 Å². The zero-order valence-electron chi connectivity index (χ0n) is 16.9. The molecule has 1 aromatic heterocycles. The molecule has 0 N–H and O–H groups in total. The molecule has 4 rings (SSSR count). The fourth-order valence-electron chi connectivity index (χ4n) is 4.10. The van der Waals surface area contributed by atoms with E-state index in [1.54, 1.807) is 12.4 Å². The number of rotatable bonds is 3. The van der Waals surface area contributed by atoms with Gasteiger partial charge in [0.05, 0.1) is 5.56 Å². The van der Waals surface area contributed by atoms with Crippen molar-refractivity contribution in [1.29, 1.82) is 0 Å². The average molecular weight is 380 g/mol. The van der Waals surface area contributed by atoms with Crippen molar-refractivity contribution in [1.82, 2.24) is 14.9 Å². The minimum Gasteiger partial charge on any atom is -0.368 e. The number of anilines is 2. The summed E-state index contributed by atoms with van der Waals surface area (Å²) in [5, 5.41) is 0. The van der Waals surface area contributed by atoms with Gasteiger partial charge in [0.15, 0.2) is 0 Å². The zero-order chi connectivity index (χ0) is 19.5. The number of piperazine rings is 1. The lowest BCUT2D eigenvalue weighted by Crippen LogP contribution is -2.49. The van der Waals surface area contributed by atoms with Gasteiger partial charge in [0.1, 0.15) is 0 Å². The molecular weight excluding hydrogens is 350 g/mol. The van der Waals surface area contributed by atoms with Crippen LogP contribution in [0.1, 0.15) is 40.7 Å². The SMILES string of the molecule is Cc1cccc(N2CCN(C(=O)c3cnc(N4CCCCC4)nc3)CC2)c1C. The highest BCUT2D eigenvalue weighted by molar-refractivity contribution is 5.93. The van der Waals surface area contributed by atoms with Crippen LogP contribution in [0.25, 0.3) is 0 Å². The van der Waals surface area contributed by atoms with Gasteiger partial charge in [0.2, 0.25) is 5.95 Å². The maximum atomic E-state index is 12.9. The average Bonchev–Trinajstić information content (AvgIpc) is 2.76. The molecule has 0 bridgehead atoms. The van der Waals surface area contributed by atoms with Crippen LogP contribution in [-0.4, -0.2) is 60.0 Å². The van der Waals surface area contributed by atoms with Gasteiger partial charge in [-0.15, -0.1) is 0 Å². The van der Waals surface area contributed by atoms with Crippen molar-refractivity contribution in [2.75, 3.05) is 49.1 Å². The molecule has 2 fully saturated rings. The van der Waals surface area contributed by atoms with Gasteiger partial charge >= 0.3 is 0 Å². The molecule has 2 aliphatic rings. The van der Waals surface area contributed by atoms with Crippen LogP contribution in [-0.2, 0) is 0 Å². The number of aromatic nitrogens is 2. The lowest BCUT2D eigenvalue weighted by atomic mass is 10.1. The highest BCUT2D eigenvalue weighted by Crippen LogP contribution is 2.24. The fraction of sp³-hybridized carbons (Fsp3) is 0.500. The Balaban J connectivity index is 1.38. The summed E-state index contributed by atoms with van der Waals surface area (Å²) in [6, 6.07) is 6.43. The van der Waals surface area contributed by atoms with E-state index in [1.165, 1.54) is 36.1 Å². The van der Waals surface area contributed by atoms with Crippen LogP contribution < -0.4 is 9.80 Å². The molecule has 0 atom stereocenters. The third-order valence-corrected chi connectivity index (χ3v) is 6.01. The van der Waals surface area contributed by atoms with E-state index in [1.807, 2.05) is 4.90 Å². The molecule has 6 nitrogen and oxygen atoms in total. The Labute approximate surface area is 167 Å². The first-order chi connectivity index (χ1) is 13.6. The molecule has 2 aromatic rings. The van der Waals surface area contributed by atoms with Gasteiger partial charge in [0.25, 0.3) is 5.91 Å². The highest BCUT2D eigenvalue weighted by Gasteiger charge is 2.24. The van der Waals surface area contributed by atoms with Crippen LogP contribution >= 0.6 is 0 Å². The van der Waals surface area contributed by atoms with E-state index < -0.39 is 0 Å². The predicted octanol–water partition coefficient (Wildman–Crippen LogP) is 3.05. The molecule has 0 spiro atoms. The highest BCUT2D eigenvalue weighted by atomic mass is 16.2. The Morgan fingerprint density at radius 1 is 0.857 bits per heavy atom. The molecule has 2 saturated heterocycles. The first-order valence-electron chi connectivity index (χ1n) is 10.3. The van der Waals surface area contributed by atoms with Gasteiger partial charge in [-0.2, -0.15) is 0 Å². The summed E-state index contributed by atoms with van der Waals surface area (Å²) in [4.78, 5) is 28.3. The lowest BCUT2D eigenvalue weighted by molar-refractivity contribution is 0.0746. The molecule has 6 heteroatoms. The molecule has 0 aliphatic carbocycles. The molecule has 148 valence electrons. The number of aryl methyl sites for hydroxylation is 1. The Bertz CT molecular complexity index is 821. The number of piperidine rings is 1. The van der Waals surface area contributed by atoms with E-state index in [-0.39, 0.29) is 5.91 Å². The first-order valence-corrected chi connectivity index (χ1v) is 10.3.